The minimum Gasteiger partial charge on any atom is -0.370 e. The fourth-order valence-corrected chi connectivity index (χ4v) is 3.39. The van der Waals surface area contributed by atoms with Gasteiger partial charge in [0.1, 0.15) is 0 Å². The lowest BCUT2D eigenvalue weighted by molar-refractivity contribution is -0.117. The van der Waals surface area contributed by atoms with Crippen molar-refractivity contribution in [3.63, 3.8) is 0 Å². The minimum atomic E-state index is -0.348. The monoisotopic (exact) mass is 331 g/mol. The highest BCUT2D eigenvalue weighted by Gasteiger charge is 2.16. The smallest absolute Gasteiger partial charge is 0.262 e. The molecule has 2 N–H and O–H groups in total. The van der Waals surface area contributed by atoms with E-state index in [1.54, 1.807) is 10.6 Å². The number of nitrogens with zero attached hydrogens (tertiary/aromatic N) is 4. The van der Waals surface area contributed by atoms with Crippen LogP contribution in [0.5, 0.6) is 0 Å². The van der Waals surface area contributed by atoms with Crippen molar-refractivity contribution in [3.8, 4) is 0 Å². The van der Waals surface area contributed by atoms with Gasteiger partial charge in [0.15, 0.2) is 5.16 Å². The van der Waals surface area contributed by atoms with Crippen LogP contribution >= 0.6 is 11.8 Å². The van der Waals surface area contributed by atoms with E-state index < -0.39 is 0 Å². The summed E-state index contributed by atoms with van der Waals surface area (Å²) >= 11 is 1.41. The standard InChI is InChI=1S/C15H17N5O2S/c1-2-8-19-13(22)10-5-3-4-6-11(10)20-14(19)17-18-15(20)23-9-7-12(16)21/h3-6H,2,7-9H2,1H3,(H2,16,21). The molecular formula is C15H17N5O2S. The van der Waals surface area contributed by atoms with Crippen LogP contribution in [0, 0.1) is 0 Å². The van der Waals surface area contributed by atoms with Crippen molar-refractivity contribution in [2.24, 2.45) is 5.73 Å². The van der Waals surface area contributed by atoms with Gasteiger partial charge in [-0.2, -0.15) is 0 Å². The Morgan fingerprint density at radius 1 is 1.30 bits per heavy atom. The lowest BCUT2D eigenvalue weighted by Gasteiger charge is -2.10. The number of carbonyl (C=O) groups is 1. The van der Waals surface area contributed by atoms with Crippen LogP contribution in [0.3, 0.4) is 0 Å². The number of hydrogen-bond donors (Lipinski definition) is 1. The Morgan fingerprint density at radius 3 is 2.83 bits per heavy atom. The lowest BCUT2D eigenvalue weighted by atomic mass is 10.2. The maximum atomic E-state index is 12.7. The molecule has 2 heterocycles. The number of carbonyl (C=O) groups excluding carboxylic acids is 1. The number of amides is 1. The third kappa shape index (κ3) is 2.81. The number of primary amides is 1. The number of hydrogen-bond acceptors (Lipinski definition) is 5. The van der Waals surface area contributed by atoms with Gasteiger partial charge in [-0.05, 0) is 18.6 Å². The normalized spacial score (nSPS) is 11.3. The second-order valence-electron chi connectivity index (χ2n) is 5.16. The predicted molar refractivity (Wildman–Crippen MR) is 89.6 cm³/mol. The molecule has 0 atom stereocenters. The van der Waals surface area contributed by atoms with Gasteiger partial charge in [0.2, 0.25) is 11.7 Å². The molecule has 0 aliphatic carbocycles. The predicted octanol–water partition coefficient (Wildman–Crippen LogP) is 1.42. The van der Waals surface area contributed by atoms with Crippen LogP contribution in [-0.2, 0) is 11.3 Å². The molecule has 7 nitrogen and oxygen atoms in total. The Kier molecular flexibility index (Phi) is 4.33. The van der Waals surface area contributed by atoms with E-state index in [2.05, 4.69) is 10.2 Å². The summed E-state index contributed by atoms with van der Waals surface area (Å²) in [5.74, 6) is 0.702. The Morgan fingerprint density at radius 2 is 2.09 bits per heavy atom. The molecule has 2 aromatic heterocycles. The van der Waals surface area contributed by atoms with Gasteiger partial charge in [-0.1, -0.05) is 30.8 Å². The van der Waals surface area contributed by atoms with E-state index in [9.17, 15) is 9.59 Å². The fraction of sp³-hybridized carbons (Fsp3) is 0.333. The fourth-order valence-electron chi connectivity index (χ4n) is 2.50. The van der Waals surface area contributed by atoms with E-state index in [0.717, 1.165) is 11.9 Å². The summed E-state index contributed by atoms with van der Waals surface area (Å²) in [5, 5.41) is 9.66. The maximum Gasteiger partial charge on any atom is 0.262 e. The zero-order valence-electron chi connectivity index (χ0n) is 12.7. The Bertz CT molecular complexity index is 931. The first-order chi connectivity index (χ1) is 11.1. The summed E-state index contributed by atoms with van der Waals surface area (Å²) in [5.41, 5.74) is 5.89. The molecule has 23 heavy (non-hydrogen) atoms. The molecule has 0 unspecified atom stereocenters. The second kappa shape index (κ2) is 6.41. The van der Waals surface area contributed by atoms with Crippen molar-refractivity contribution in [2.45, 2.75) is 31.5 Å². The van der Waals surface area contributed by atoms with Gasteiger partial charge < -0.3 is 5.73 Å². The summed E-state index contributed by atoms with van der Waals surface area (Å²) in [6.07, 6.45) is 1.09. The highest BCUT2D eigenvalue weighted by atomic mass is 32.2. The van der Waals surface area contributed by atoms with E-state index in [-0.39, 0.29) is 17.9 Å². The molecule has 0 fully saturated rings. The third-order valence-electron chi connectivity index (χ3n) is 3.51. The van der Waals surface area contributed by atoms with Crippen LogP contribution < -0.4 is 11.3 Å². The number of thioether (sulfide) groups is 1. The molecular weight excluding hydrogens is 314 g/mol. The lowest BCUT2D eigenvalue weighted by Crippen LogP contribution is -2.23. The molecule has 0 bridgehead atoms. The van der Waals surface area contributed by atoms with Crippen LogP contribution in [0.15, 0.2) is 34.2 Å². The summed E-state index contributed by atoms with van der Waals surface area (Å²) < 4.78 is 3.52. The van der Waals surface area contributed by atoms with Crippen LogP contribution in [0.4, 0.5) is 0 Å². The average molecular weight is 331 g/mol. The van der Waals surface area contributed by atoms with Crippen molar-refractivity contribution in [1.82, 2.24) is 19.2 Å². The van der Waals surface area contributed by atoms with Crippen LogP contribution in [-0.4, -0.2) is 30.8 Å². The first-order valence-electron chi connectivity index (χ1n) is 7.41. The van der Waals surface area contributed by atoms with Crippen molar-refractivity contribution in [2.75, 3.05) is 5.75 Å². The van der Waals surface area contributed by atoms with Crippen molar-refractivity contribution < 1.29 is 4.79 Å². The molecule has 0 saturated heterocycles. The van der Waals surface area contributed by atoms with Gasteiger partial charge in [0.05, 0.1) is 10.9 Å². The number of nitrogens with two attached hydrogens (primary N) is 1. The number of aryl methyl sites for hydroxylation is 1. The zero-order valence-corrected chi connectivity index (χ0v) is 13.5. The summed E-state index contributed by atoms with van der Waals surface area (Å²) in [4.78, 5) is 23.6. The molecule has 8 heteroatoms. The highest BCUT2D eigenvalue weighted by molar-refractivity contribution is 7.99. The van der Waals surface area contributed by atoms with E-state index in [0.29, 0.717) is 28.6 Å². The molecule has 0 radical (unpaired) electrons. The average Bonchev–Trinajstić information content (AvgIpc) is 2.95. The highest BCUT2D eigenvalue weighted by Crippen LogP contribution is 2.22. The molecule has 1 aromatic carbocycles. The number of para-hydroxylation sites is 1. The molecule has 0 saturated carbocycles. The van der Waals surface area contributed by atoms with E-state index in [4.69, 9.17) is 5.73 Å². The molecule has 0 spiro atoms. The molecule has 120 valence electrons. The molecule has 0 aliphatic rings. The second-order valence-corrected chi connectivity index (χ2v) is 6.22. The summed E-state index contributed by atoms with van der Waals surface area (Å²) in [6.45, 7) is 2.59. The maximum absolute atomic E-state index is 12.7. The quantitative estimate of drug-likeness (QED) is 0.689. The molecule has 3 rings (SSSR count). The van der Waals surface area contributed by atoms with Crippen LogP contribution in [0.2, 0.25) is 0 Å². The first-order valence-corrected chi connectivity index (χ1v) is 8.39. The zero-order chi connectivity index (χ0) is 16.4. The number of aromatic nitrogens is 4. The Balaban J connectivity index is 2.21. The van der Waals surface area contributed by atoms with Gasteiger partial charge in [-0.15, -0.1) is 10.2 Å². The Labute approximate surface area is 136 Å². The largest absolute Gasteiger partial charge is 0.370 e. The summed E-state index contributed by atoms with van der Waals surface area (Å²) in [7, 11) is 0. The third-order valence-corrected chi connectivity index (χ3v) is 4.44. The first kappa shape index (κ1) is 15.5. The number of rotatable bonds is 6. The number of fused-ring (bicyclic) bond motifs is 3. The van der Waals surface area contributed by atoms with Crippen LogP contribution in [0.25, 0.3) is 16.7 Å². The molecule has 1 amide bonds. The number of benzene rings is 1. The van der Waals surface area contributed by atoms with Gasteiger partial charge in [0, 0.05) is 18.7 Å². The van der Waals surface area contributed by atoms with Crippen molar-refractivity contribution >= 4 is 34.3 Å². The van der Waals surface area contributed by atoms with E-state index in [1.165, 1.54) is 11.8 Å². The van der Waals surface area contributed by atoms with Gasteiger partial charge >= 0.3 is 0 Å². The summed E-state index contributed by atoms with van der Waals surface area (Å²) in [6, 6.07) is 7.40. The Hall–Kier alpha value is -2.35. The van der Waals surface area contributed by atoms with Gasteiger partial charge in [-0.3, -0.25) is 18.6 Å². The topological polar surface area (TPSA) is 95.3 Å². The minimum absolute atomic E-state index is 0.0592. The molecule has 3 aromatic rings. The van der Waals surface area contributed by atoms with Crippen molar-refractivity contribution in [3.05, 3.63) is 34.6 Å². The SMILES string of the molecule is CCCn1c(=O)c2ccccc2n2c(SCCC(N)=O)nnc12. The van der Waals surface area contributed by atoms with E-state index in [1.807, 2.05) is 29.5 Å². The van der Waals surface area contributed by atoms with Gasteiger partial charge in [0.25, 0.3) is 5.56 Å². The van der Waals surface area contributed by atoms with Crippen molar-refractivity contribution in [1.29, 1.82) is 0 Å². The van der Waals surface area contributed by atoms with E-state index >= 15 is 0 Å². The van der Waals surface area contributed by atoms with Crippen LogP contribution in [0.1, 0.15) is 19.8 Å². The molecule has 0 aliphatic heterocycles. The van der Waals surface area contributed by atoms with Gasteiger partial charge in [-0.25, -0.2) is 0 Å².